The van der Waals surface area contributed by atoms with Crippen molar-refractivity contribution >= 4 is 11.8 Å². The zero-order valence-corrected chi connectivity index (χ0v) is 14.4. The molecule has 3 heterocycles. The third-order valence-electron chi connectivity index (χ3n) is 5.10. The summed E-state index contributed by atoms with van der Waals surface area (Å²) in [5.41, 5.74) is 1.67. The molecule has 0 bridgehead atoms. The van der Waals surface area contributed by atoms with Gasteiger partial charge in [-0.1, -0.05) is 18.2 Å². The van der Waals surface area contributed by atoms with Crippen molar-refractivity contribution in [1.82, 2.24) is 15.2 Å². The number of hydrogen-bond acceptors (Lipinski definition) is 4. The zero-order chi connectivity index (χ0) is 17.9. The molecule has 0 aliphatic carbocycles. The Bertz CT molecular complexity index is 801. The van der Waals surface area contributed by atoms with E-state index >= 15 is 0 Å². The van der Waals surface area contributed by atoms with Crippen LogP contribution in [-0.4, -0.2) is 41.4 Å². The van der Waals surface area contributed by atoms with E-state index in [4.69, 9.17) is 4.74 Å². The fourth-order valence-electron chi connectivity index (χ4n) is 3.59. The largest absolute Gasteiger partial charge is 0.491 e. The number of likely N-dealkylation sites (tertiary alicyclic amines) is 1. The van der Waals surface area contributed by atoms with Crippen LogP contribution in [-0.2, 0) is 4.79 Å². The molecule has 2 aliphatic heterocycles. The molecule has 6 nitrogen and oxygen atoms in total. The van der Waals surface area contributed by atoms with Crippen molar-refractivity contribution in [3.05, 3.63) is 59.9 Å². The van der Waals surface area contributed by atoms with Gasteiger partial charge in [-0.05, 0) is 31.0 Å². The third kappa shape index (κ3) is 3.27. The SMILES string of the molecule is O=C(N[C@H]1COc2ccccc21)C1CCN(C(=O)c2ccncc2)CC1. The Morgan fingerprint density at radius 3 is 2.58 bits per heavy atom. The molecule has 1 saturated heterocycles. The van der Waals surface area contributed by atoms with Crippen LogP contribution in [0.4, 0.5) is 0 Å². The molecule has 2 aliphatic rings. The molecule has 2 amide bonds. The number of carbonyl (C=O) groups is 2. The minimum Gasteiger partial charge on any atom is -0.491 e. The van der Waals surface area contributed by atoms with E-state index < -0.39 is 0 Å². The van der Waals surface area contributed by atoms with Crippen molar-refractivity contribution in [3.63, 3.8) is 0 Å². The predicted octanol–water partition coefficient (Wildman–Crippen LogP) is 2.18. The molecule has 1 aromatic heterocycles. The first-order chi connectivity index (χ1) is 12.7. The molecule has 1 fully saturated rings. The van der Waals surface area contributed by atoms with Crippen LogP contribution >= 0.6 is 0 Å². The van der Waals surface area contributed by atoms with Crippen molar-refractivity contribution < 1.29 is 14.3 Å². The molecule has 0 radical (unpaired) electrons. The molecule has 6 heteroatoms. The van der Waals surface area contributed by atoms with E-state index in [9.17, 15) is 9.59 Å². The highest BCUT2D eigenvalue weighted by Crippen LogP contribution is 2.32. The first-order valence-corrected chi connectivity index (χ1v) is 8.94. The molecule has 2 aromatic rings. The number of rotatable bonds is 3. The van der Waals surface area contributed by atoms with E-state index in [1.54, 1.807) is 24.5 Å². The molecule has 4 rings (SSSR count). The quantitative estimate of drug-likeness (QED) is 0.920. The minimum absolute atomic E-state index is 0.00405. The van der Waals surface area contributed by atoms with Crippen molar-refractivity contribution in [2.75, 3.05) is 19.7 Å². The Morgan fingerprint density at radius 1 is 1.08 bits per heavy atom. The summed E-state index contributed by atoms with van der Waals surface area (Å²) in [6.07, 6.45) is 4.60. The second-order valence-electron chi connectivity index (χ2n) is 6.71. The Hall–Kier alpha value is -2.89. The van der Waals surface area contributed by atoms with Gasteiger partial charge in [0.05, 0.1) is 6.04 Å². The summed E-state index contributed by atoms with van der Waals surface area (Å²) in [6, 6.07) is 11.1. The van der Waals surface area contributed by atoms with Crippen molar-refractivity contribution in [2.45, 2.75) is 18.9 Å². The fraction of sp³-hybridized carbons (Fsp3) is 0.350. The highest BCUT2D eigenvalue weighted by atomic mass is 16.5. The van der Waals surface area contributed by atoms with Gasteiger partial charge in [-0.2, -0.15) is 0 Å². The number of carbonyl (C=O) groups excluding carboxylic acids is 2. The Kier molecular flexibility index (Phi) is 4.56. The summed E-state index contributed by atoms with van der Waals surface area (Å²) in [7, 11) is 0. The average Bonchev–Trinajstić information content (AvgIpc) is 3.11. The number of ether oxygens (including phenoxy) is 1. The van der Waals surface area contributed by atoms with Crippen molar-refractivity contribution in [1.29, 1.82) is 0 Å². The van der Waals surface area contributed by atoms with Gasteiger partial charge in [0.1, 0.15) is 12.4 Å². The van der Waals surface area contributed by atoms with Crippen LogP contribution in [0.3, 0.4) is 0 Å². The topological polar surface area (TPSA) is 71.5 Å². The molecule has 26 heavy (non-hydrogen) atoms. The van der Waals surface area contributed by atoms with E-state index in [1.165, 1.54) is 0 Å². The Labute approximate surface area is 152 Å². The normalized spacial score (nSPS) is 19.5. The van der Waals surface area contributed by atoms with Gasteiger partial charge in [-0.15, -0.1) is 0 Å². The number of nitrogens with one attached hydrogen (secondary N) is 1. The molecular formula is C20H21N3O3. The third-order valence-corrected chi connectivity index (χ3v) is 5.10. The molecule has 1 aromatic carbocycles. The lowest BCUT2D eigenvalue weighted by Crippen LogP contribution is -2.43. The van der Waals surface area contributed by atoms with Crippen LogP contribution in [0.2, 0.25) is 0 Å². The number of fused-ring (bicyclic) bond motifs is 1. The lowest BCUT2D eigenvalue weighted by Gasteiger charge is -2.31. The number of aromatic nitrogens is 1. The number of amides is 2. The number of hydrogen-bond donors (Lipinski definition) is 1. The van der Waals surface area contributed by atoms with Gasteiger partial charge in [0.15, 0.2) is 0 Å². The predicted molar refractivity (Wildman–Crippen MR) is 95.7 cm³/mol. The maximum Gasteiger partial charge on any atom is 0.253 e. The monoisotopic (exact) mass is 351 g/mol. The Balaban J connectivity index is 1.32. The van der Waals surface area contributed by atoms with E-state index in [0.717, 1.165) is 11.3 Å². The van der Waals surface area contributed by atoms with Crippen LogP contribution in [0.15, 0.2) is 48.8 Å². The lowest BCUT2D eigenvalue weighted by molar-refractivity contribution is -0.127. The van der Waals surface area contributed by atoms with Crippen molar-refractivity contribution in [2.24, 2.45) is 5.92 Å². The summed E-state index contributed by atoms with van der Waals surface area (Å²) in [4.78, 5) is 30.9. The molecule has 0 saturated carbocycles. The highest BCUT2D eigenvalue weighted by Gasteiger charge is 2.31. The van der Waals surface area contributed by atoms with Crippen LogP contribution < -0.4 is 10.1 Å². The maximum absolute atomic E-state index is 12.6. The maximum atomic E-state index is 12.6. The zero-order valence-electron chi connectivity index (χ0n) is 14.4. The van der Waals surface area contributed by atoms with Gasteiger partial charge < -0.3 is 15.0 Å². The fourth-order valence-corrected chi connectivity index (χ4v) is 3.59. The number of piperidine rings is 1. The van der Waals surface area contributed by atoms with E-state index in [0.29, 0.717) is 38.1 Å². The molecule has 134 valence electrons. The molecule has 0 unspecified atom stereocenters. The first-order valence-electron chi connectivity index (χ1n) is 8.94. The molecule has 0 spiro atoms. The Morgan fingerprint density at radius 2 is 1.81 bits per heavy atom. The molecular weight excluding hydrogens is 330 g/mol. The summed E-state index contributed by atoms with van der Waals surface area (Å²) in [5.74, 6) is 0.829. The van der Waals surface area contributed by atoms with Crippen LogP contribution in [0.25, 0.3) is 0 Å². The van der Waals surface area contributed by atoms with Crippen LogP contribution in [0, 0.1) is 5.92 Å². The van der Waals surface area contributed by atoms with Gasteiger partial charge in [-0.3, -0.25) is 14.6 Å². The second-order valence-corrected chi connectivity index (χ2v) is 6.71. The highest BCUT2D eigenvalue weighted by molar-refractivity contribution is 5.94. The lowest BCUT2D eigenvalue weighted by atomic mass is 9.94. The minimum atomic E-state index is -0.0878. The van der Waals surface area contributed by atoms with Crippen LogP contribution in [0.1, 0.15) is 34.8 Å². The average molecular weight is 351 g/mol. The summed E-state index contributed by atoms with van der Waals surface area (Å²) < 4.78 is 5.62. The molecule has 1 N–H and O–H groups in total. The number of pyridine rings is 1. The van der Waals surface area contributed by atoms with Gasteiger partial charge in [0, 0.05) is 42.5 Å². The van der Waals surface area contributed by atoms with E-state index in [1.807, 2.05) is 29.2 Å². The number of nitrogens with zero attached hydrogens (tertiary/aromatic N) is 2. The summed E-state index contributed by atoms with van der Waals surface area (Å²) in [5, 5.41) is 3.10. The number of benzene rings is 1. The van der Waals surface area contributed by atoms with E-state index in [-0.39, 0.29) is 23.8 Å². The van der Waals surface area contributed by atoms with Crippen molar-refractivity contribution in [3.8, 4) is 5.75 Å². The van der Waals surface area contributed by atoms with Gasteiger partial charge in [0.2, 0.25) is 5.91 Å². The standard InChI is InChI=1S/C20H21N3O3/c24-19(22-17-13-26-18-4-2-1-3-16(17)18)14-7-11-23(12-8-14)20(25)15-5-9-21-10-6-15/h1-6,9-10,14,17H,7-8,11-13H2,(H,22,24)/t17-/m0/s1. The molecule has 1 atom stereocenters. The second kappa shape index (κ2) is 7.15. The summed E-state index contributed by atoms with van der Waals surface area (Å²) >= 11 is 0. The van der Waals surface area contributed by atoms with E-state index in [2.05, 4.69) is 10.3 Å². The number of para-hydroxylation sites is 1. The first kappa shape index (κ1) is 16.6. The summed E-state index contributed by atoms with van der Waals surface area (Å²) in [6.45, 7) is 1.67. The smallest absolute Gasteiger partial charge is 0.253 e. The van der Waals surface area contributed by atoms with Gasteiger partial charge in [-0.25, -0.2) is 0 Å². The van der Waals surface area contributed by atoms with Gasteiger partial charge in [0.25, 0.3) is 5.91 Å². The van der Waals surface area contributed by atoms with Gasteiger partial charge >= 0.3 is 0 Å². The van der Waals surface area contributed by atoms with Crippen LogP contribution in [0.5, 0.6) is 5.75 Å².